The van der Waals surface area contributed by atoms with Gasteiger partial charge in [-0.15, -0.1) is 6.58 Å². The van der Waals surface area contributed by atoms with Crippen LogP contribution in [-0.4, -0.2) is 12.6 Å². The van der Waals surface area contributed by atoms with Gasteiger partial charge in [0.2, 0.25) is 0 Å². The van der Waals surface area contributed by atoms with Gasteiger partial charge >= 0.3 is 0 Å². The predicted molar refractivity (Wildman–Crippen MR) is 75.3 cm³/mol. The molecule has 2 aromatic carbocycles. The number of nitrogens with one attached hydrogen (secondary N) is 1. The highest BCUT2D eigenvalue weighted by molar-refractivity contribution is 5.82. The summed E-state index contributed by atoms with van der Waals surface area (Å²) in [5.74, 6) is 0. The predicted octanol–water partition coefficient (Wildman–Crippen LogP) is 3.55. The van der Waals surface area contributed by atoms with Crippen molar-refractivity contribution in [3.63, 3.8) is 0 Å². The molecule has 0 fully saturated rings. The van der Waals surface area contributed by atoms with E-state index >= 15 is 0 Å². The number of hydrogen-bond donors (Lipinski definition) is 1. The van der Waals surface area contributed by atoms with E-state index in [4.69, 9.17) is 0 Å². The second kappa shape index (κ2) is 5.65. The zero-order chi connectivity index (χ0) is 12.1. The van der Waals surface area contributed by atoms with Crippen molar-refractivity contribution < 1.29 is 0 Å². The highest BCUT2D eigenvalue weighted by Crippen LogP contribution is 2.16. The highest BCUT2D eigenvalue weighted by atomic mass is 14.9. The summed E-state index contributed by atoms with van der Waals surface area (Å²) >= 11 is 0. The summed E-state index contributed by atoms with van der Waals surface area (Å²) in [6, 6.07) is 15.5. The molecule has 17 heavy (non-hydrogen) atoms. The van der Waals surface area contributed by atoms with Crippen molar-refractivity contribution in [3.05, 3.63) is 60.7 Å². The Labute approximate surface area is 103 Å². The Morgan fingerprint density at radius 3 is 2.65 bits per heavy atom. The van der Waals surface area contributed by atoms with Crippen molar-refractivity contribution in [3.8, 4) is 0 Å². The van der Waals surface area contributed by atoms with Crippen molar-refractivity contribution in [1.82, 2.24) is 5.32 Å². The Morgan fingerprint density at radius 2 is 1.94 bits per heavy atom. The minimum Gasteiger partial charge on any atom is -0.310 e. The van der Waals surface area contributed by atoms with Crippen molar-refractivity contribution in [2.75, 3.05) is 6.54 Å². The van der Waals surface area contributed by atoms with Crippen molar-refractivity contribution in [2.24, 2.45) is 0 Å². The minimum atomic E-state index is 0.362. The molecule has 88 valence electrons. The Hall–Kier alpha value is -1.60. The molecule has 0 radical (unpaired) electrons. The van der Waals surface area contributed by atoms with Gasteiger partial charge in [0, 0.05) is 6.04 Å². The van der Waals surface area contributed by atoms with Crippen LogP contribution < -0.4 is 5.32 Å². The summed E-state index contributed by atoms with van der Waals surface area (Å²) in [4.78, 5) is 0. The summed E-state index contributed by atoms with van der Waals surface area (Å²) < 4.78 is 0. The zero-order valence-electron chi connectivity index (χ0n) is 10.3. The van der Waals surface area contributed by atoms with Gasteiger partial charge in [0.25, 0.3) is 0 Å². The molecule has 0 saturated heterocycles. The van der Waals surface area contributed by atoms with E-state index in [1.165, 1.54) is 16.3 Å². The van der Waals surface area contributed by atoms with Crippen LogP contribution in [0.15, 0.2) is 55.1 Å². The second-order valence-corrected chi connectivity index (χ2v) is 4.29. The molecule has 2 aromatic rings. The Kier molecular flexibility index (Phi) is 3.94. The van der Waals surface area contributed by atoms with E-state index in [-0.39, 0.29) is 0 Å². The molecule has 1 atom stereocenters. The van der Waals surface area contributed by atoms with E-state index in [0.29, 0.717) is 6.04 Å². The quantitative estimate of drug-likeness (QED) is 0.767. The van der Waals surface area contributed by atoms with Crippen molar-refractivity contribution >= 4 is 10.8 Å². The number of likely N-dealkylation sites (N-methyl/N-ethyl adjacent to an activating group) is 1. The van der Waals surface area contributed by atoms with Gasteiger partial charge < -0.3 is 5.32 Å². The van der Waals surface area contributed by atoms with E-state index in [9.17, 15) is 0 Å². The first-order chi connectivity index (χ1) is 8.33. The lowest BCUT2D eigenvalue weighted by Gasteiger charge is -2.13. The fourth-order valence-electron chi connectivity index (χ4n) is 2.12. The van der Waals surface area contributed by atoms with Crippen LogP contribution >= 0.6 is 0 Å². The monoisotopic (exact) mass is 225 g/mol. The highest BCUT2D eigenvalue weighted by Gasteiger charge is 2.04. The van der Waals surface area contributed by atoms with Gasteiger partial charge in [-0.3, -0.25) is 0 Å². The van der Waals surface area contributed by atoms with E-state index in [0.717, 1.165) is 13.0 Å². The maximum Gasteiger partial charge on any atom is 0.0287 e. The largest absolute Gasteiger partial charge is 0.310 e. The van der Waals surface area contributed by atoms with Crippen LogP contribution in [0.3, 0.4) is 0 Å². The van der Waals surface area contributed by atoms with E-state index in [1.807, 2.05) is 6.08 Å². The molecule has 0 aliphatic heterocycles. The Balaban J connectivity index is 2.21. The molecular weight excluding hydrogens is 206 g/mol. The van der Waals surface area contributed by atoms with Crippen LogP contribution in [0.1, 0.15) is 12.5 Å². The van der Waals surface area contributed by atoms with E-state index < -0.39 is 0 Å². The lowest BCUT2D eigenvalue weighted by atomic mass is 10.0. The first-order valence-electron chi connectivity index (χ1n) is 6.17. The summed E-state index contributed by atoms with van der Waals surface area (Å²) in [6.07, 6.45) is 2.99. The third-order valence-corrected chi connectivity index (χ3v) is 3.02. The molecule has 1 nitrogen and oxygen atoms in total. The smallest absolute Gasteiger partial charge is 0.0287 e. The van der Waals surface area contributed by atoms with Crippen LogP contribution in [0.2, 0.25) is 0 Å². The molecule has 0 spiro atoms. The first-order valence-corrected chi connectivity index (χ1v) is 6.17. The molecule has 0 aromatic heterocycles. The second-order valence-electron chi connectivity index (χ2n) is 4.29. The van der Waals surface area contributed by atoms with Gasteiger partial charge in [-0.2, -0.15) is 0 Å². The topological polar surface area (TPSA) is 12.0 Å². The molecule has 0 amide bonds. The van der Waals surface area contributed by atoms with Gasteiger partial charge in [-0.05, 0) is 29.3 Å². The van der Waals surface area contributed by atoms with Gasteiger partial charge in [0.15, 0.2) is 0 Å². The molecule has 1 heteroatoms. The normalized spacial score (nSPS) is 12.5. The maximum atomic E-state index is 3.88. The fourth-order valence-corrected chi connectivity index (χ4v) is 2.12. The van der Waals surface area contributed by atoms with Gasteiger partial charge in [0.1, 0.15) is 0 Å². The van der Waals surface area contributed by atoms with Crippen LogP contribution in [0.4, 0.5) is 0 Å². The summed E-state index contributed by atoms with van der Waals surface area (Å²) in [7, 11) is 0. The molecular formula is C16H19N. The van der Waals surface area contributed by atoms with Crippen LogP contribution in [0.5, 0.6) is 0 Å². The maximum absolute atomic E-state index is 3.88. The van der Waals surface area contributed by atoms with Crippen LogP contribution in [0, 0.1) is 0 Å². The summed E-state index contributed by atoms with van der Waals surface area (Å²) in [6.45, 7) is 6.97. The molecule has 0 bridgehead atoms. The first kappa shape index (κ1) is 11.9. The third-order valence-electron chi connectivity index (χ3n) is 3.02. The SMILES string of the molecule is C=CC(Cc1ccc2ccccc2c1)NCC. The number of fused-ring (bicyclic) bond motifs is 1. The van der Waals surface area contributed by atoms with Gasteiger partial charge in [-0.1, -0.05) is 55.5 Å². The lowest BCUT2D eigenvalue weighted by molar-refractivity contribution is 0.613. The molecule has 2 rings (SSSR count). The minimum absolute atomic E-state index is 0.362. The fraction of sp³-hybridized carbons (Fsp3) is 0.250. The molecule has 0 heterocycles. The van der Waals surface area contributed by atoms with Gasteiger partial charge in [0.05, 0.1) is 0 Å². The number of rotatable bonds is 5. The molecule has 0 aliphatic carbocycles. The molecule has 1 unspecified atom stereocenters. The molecule has 1 N–H and O–H groups in total. The summed E-state index contributed by atoms with van der Waals surface area (Å²) in [5, 5.41) is 6.02. The van der Waals surface area contributed by atoms with E-state index in [1.54, 1.807) is 0 Å². The van der Waals surface area contributed by atoms with Gasteiger partial charge in [-0.25, -0.2) is 0 Å². The van der Waals surface area contributed by atoms with E-state index in [2.05, 4.69) is 61.3 Å². The number of benzene rings is 2. The lowest BCUT2D eigenvalue weighted by Crippen LogP contribution is -2.28. The van der Waals surface area contributed by atoms with Crippen LogP contribution in [-0.2, 0) is 6.42 Å². The standard InChI is InChI=1S/C16H19N/c1-3-16(17-4-2)12-13-9-10-14-7-5-6-8-15(14)11-13/h3,5-11,16-17H,1,4,12H2,2H3. The van der Waals surface area contributed by atoms with Crippen LogP contribution in [0.25, 0.3) is 10.8 Å². The Morgan fingerprint density at radius 1 is 1.18 bits per heavy atom. The third kappa shape index (κ3) is 2.95. The molecule has 0 aliphatic rings. The average molecular weight is 225 g/mol. The molecule has 0 saturated carbocycles. The van der Waals surface area contributed by atoms with Crippen molar-refractivity contribution in [2.45, 2.75) is 19.4 Å². The Bertz CT molecular complexity index is 502. The average Bonchev–Trinajstić information content (AvgIpc) is 2.38. The summed E-state index contributed by atoms with van der Waals surface area (Å²) in [5.41, 5.74) is 1.36. The number of hydrogen-bond acceptors (Lipinski definition) is 1. The zero-order valence-corrected chi connectivity index (χ0v) is 10.3. The van der Waals surface area contributed by atoms with Crippen molar-refractivity contribution in [1.29, 1.82) is 0 Å².